The third-order valence-electron chi connectivity index (χ3n) is 4.38. The van der Waals surface area contributed by atoms with Crippen molar-refractivity contribution in [2.24, 2.45) is 0 Å². The molecule has 0 atom stereocenters. The highest BCUT2D eigenvalue weighted by Crippen LogP contribution is 2.34. The summed E-state index contributed by atoms with van der Waals surface area (Å²) >= 11 is 0. The molecule has 2 aromatic heterocycles. The first-order valence-corrected chi connectivity index (χ1v) is 8.31. The summed E-state index contributed by atoms with van der Waals surface area (Å²) in [6.07, 6.45) is 0. The number of benzene rings is 2. The molecule has 4 aromatic rings. The van der Waals surface area contributed by atoms with Crippen molar-refractivity contribution in [1.82, 2.24) is 15.0 Å². The zero-order chi connectivity index (χ0) is 19.0. The van der Waals surface area contributed by atoms with Crippen molar-refractivity contribution in [1.29, 1.82) is 5.26 Å². The Bertz CT molecular complexity index is 1310. The fourth-order valence-electron chi connectivity index (χ4n) is 3.12. The summed E-state index contributed by atoms with van der Waals surface area (Å²) in [5.41, 5.74) is 2.59. The average Bonchev–Trinajstić information content (AvgIpc) is 2.67. The van der Waals surface area contributed by atoms with Gasteiger partial charge in [-0.3, -0.25) is 14.8 Å². The lowest BCUT2D eigenvalue weighted by atomic mass is 9.93. The Kier molecular flexibility index (Phi) is 3.90. The third kappa shape index (κ3) is 2.81. The SMILES string of the molecule is Cc1ccc(-c2c(C#N)c(-c3ccccc3)nc3[nH]c(=O)[nH]c(=O)c23)cc1. The monoisotopic (exact) mass is 354 g/mol. The highest BCUT2D eigenvalue weighted by Gasteiger charge is 2.20. The molecule has 0 fully saturated rings. The van der Waals surface area contributed by atoms with Crippen molar-refractivity contribution < 1.29 is 0 Å². The summed E-state index contributed by atoms with van der Waals surface area (Å²) in [6, 6.07) is 18.9. The van der Waals surface area contributed by atoms with Crippen LogP contribution >= 0.6 is 0 Å². The summed E-state index contributed by atoms with van der Waals surface area (Å²) in [7, 11) is 0. The Hall–Kier alpha value is -3.98. The van der Waals surface area contributed by atoms with Gasteiger partial charge in [-0.05, 0) is 12.5 Å². The Morgan fingerprint density at radius 2 is 1.63 bits per heavy atom. The molecule has 0 radical (unpaired) electrons. The molecule has 27 heavy (non-hydrogen) atoms. The van der Waals surface area contributed by atoms with Crippen LogP contribution in [0.2, 0.25) is 0 Å². The molecule has 0 bridgehead atoms. The van der Waals surface area contributed by atoms with E-state index in [-0.39, 0.29) is 16.6 Å². The Morgan fingerprint density at radius 1 is 0.926 bits per heavy atom. The van der Waals surface area contributed by atoms with Crippen molar-refractivity contribution in [2.45, 2.75) is 6.92 Å². The van der Waals surface area contributed by atoms with E-state index in [9.17, 15) is 14.9 Å². The molecule has 2 aromatic carbocycles. The van der Waals surface area contributed by atoms with Gasteiger partial charge in [0.2, 0.25) is 0 Å². The molecule has 0 unspecified atom stereocenters. The van der Waals surface area contributed by atoms with E-state index in [0.29, 0.717) is 16.8 Å². The maximum absolute atomic E-state index is 12.6. The highest BCUT2D eigenvalue weighted by molar-refractivity contribution is 5.98. The normalized spacial score (nSPS) is 10.7. The quantitative estimate of drug-likeness (QED) is 0.577. The Labute approximate surface area is 153 Å². The topological polar surface area (TPSA) is 102 Å². The summed E-state index contributed by atoms with van der Waals surface area (Å²) in [5.74, 6) is 0. The molecule has 6 heteroatoms. The molecular formula is C21H14N4O2. The zero-order valence-corrected chi connectivity index (χ0v) is 14.4. The summed E-state index contributed by atoms with van der Waals surface area (Å²) < 4.78 is 0. The number of H-pyrrole nitrogens is 2. The minimum atomic E-state index is -0.640. The van der Waals surface area contributed by atoms with Crippen molar-refractivity contribution in [3.63, 3.8) is 0 Å². The van der Waals surface area contributed by atoms with Crippen LogP contribution in [0.1, 0.15) is 11.1 Å². The number of aryl methyl sites for hydroxylation is 1. The first-order chi connectivity index (χ1) is 13.1. The number of fused-ring (bicyclic) bond motifs is 1. The van der Waals surface area contributed by atoms with E-state index in [1.165, 1.54) is 0 Å². The lowest BCUT2D eigenvalue weighted by Gasteiger charge is -2.13. The van der Waals surface area contributed by atoms with Crippen LogP contribution in [-0.4, -0.2) is 15.0 Å². The lowest BCUT2D eigenvalue weighted by Crippen LogP contribution is -2.23. The van der Waals surface area contributed by atoms with E-state index in [2.05, 4.69) is 21.0 Å². The molecule has 0 aliphatic carbocycles. The zero-order valence-electron chi connectivity index (χ0n) is 14.4. The number of nitrogens with one attached hydrogen (secondary N) is 2. The number of nitriles is 1. The fourth-order valence-corrected chi connectivity index (χ4v) is 3.12. The van der Waals surface area contributed by atoms with Gasteiger partial charge in [-0.25, -0.2) is 9.78 Å². The summed E-state index contributed by atoms with van der Waals surface area (Å²) in [5, 5.41) is 10.1. The van der Waals surface area contributed by atoms with Gasteiger partial charge in [-0.2, -0.15) is 5.26 Å². The fraction of sp³-hybridized carbons (Fsp3) is 0.0476. The highest BCUT2D eigenvalue weighted by atomic mass is 16.2. The number of pyridine rings is 1. The summed E-state index contributed by atoms with van der Waals surface area (Å²) in [6.45, 7) is 1.96. The van der Waals surface area contributed by atoms with Crippen LogP contribution < -0.4 is 11.2 Å². The predicted octanol–water partition coefficient (Wildman–Crippen LogP) is 3.13. The van der Waals surface area contributed by atoms with E-state index >= 15 is 0 Å². The standard InChI is InChI=1S/C21H14N4O2/c1-12-7-9-13(10-8-12)16-15(11-22)18(14-5-3-2-4-6-14)23-19-17(16)20(26)25-21(27)24-19/h2-10H,1H3,(H2,23,24,25,26,27). The van der Waals surface area contributed by atoms with Crippen LogP contribution in [0.5, 0.6) is 0 Å². The first kappa shape index (κ1) is 16.5. The maximum atomic E-state index is 12.6. The molecule has 0 aliphatic heterocycles. The second kappa shape index (κ2) is 6.39. The second-order valence-corrected chi connectivity index (χ2v) is 6.19. The van der Waals surface area contributed by atoms with Gasteiger partial charge < -0.3 is 0 Å². The maximum Gasteiger partial charge on any atom is 0.327 e. The number of aromatic amines is 2. The van der Waals surface area contributed by atoms with Crippen LogP contribution in [0.4, 0.5) is 0 Å². The van der Waals surface area contributed by atoms with Gasteiger partial charge in [0.25, 0.3) is 5.56 Å². The molecule has 0 saturated heterocycles. The molecule has 130 valence electrons. The number of rotatable bonds is 2. The smallest absolute Gasteiger partial charge is 0.291 e. The van der Waals surface area contributed by atoms with Crippen molar-refractivity contribution in [3.8, 4) is 28.5 Å². The Balaban J connectivity index is 2.22. The van der Waals surface area contributed by atoms with Gasteiger partial charge in [0.05, 0.1) is 16.6 Å². The lowest BCUT2D eigenvalue weighted by molar-refractivity contribution is 1.06. The number of nitrogens with zero attached hydrogens (tertiary/aromatic N) is 2. The van der Waals surface area contributed by atoms with Gasteiger partial charge in [-0.1, -0.05) is 60.2 Å². The number of hydrogen-bond donors (Lipinski definition) is 2. The molecule has 0 spiro atoms. The van der Waals surface area contributed by atoms with Gasteiger partial charge >= 0.3 is 5.69 Å². The van der Waals surface area contributed by atoms with E-state index < -0.39 is 11.2 Å². The molecule has 0 amide bonds. The van der Waals surface area contributed by atoms with Crippen LogP contribution in [-0.2, 0) is 0 Å². The number of hydrogen-bond acceptors (Lipinski definition) is 4. The van der Waals surface area contributed by atoms with Crippen LogP contribution in [0.25, 0.3) is 33.4 Å². The molecule has 2 N–H and O–H groups in total. The molecule has 6 nitrogen and oxygen atoms in total. The van der Waals surface area contributed by atoms with Crippen LogP contribution in [0.3, 0.4) is 0 Å². The van der Waals surface area contributed by atoms with Gasteiger partial charge in [0.1, 0.15) is 11.7 Å². The van der Waals surface area contributed by atoms with Crippen molar-refractivity contribution >= 4 is 11.0 Å². The van der Waals surface area contributed by atoms with Crippen LogP contribution in [0.15, 0.2) is 64.2 Å². The van der Waals surface area contributed by atoms with E-state index in [1.54, 1.807) is 0 Å². The van der Waals surface area contributed by atoms with E-state index in [4.69, 9.17) is 0 Å². The minimum Gasteiger partial charge on any atom is -0.291 e. The van der Waals surface area contributed by atoms with Gasteiger partial charge in [0.15, 0.2) is 0 Å². The minimum absolute atomic E-state index is 0.150. The molecule has 0 saturated carbocycles. The average molecular weight is 354 g/mol. The predicted molar refractivity (Wildman–Crippen MR) is 103 cm³/mol. The molecule has 4 rings (SSSR count). The molecule has 2 heterocycles. The van der Waals surface area contributed by atoms with Crippen molar-refractivity contribution in [3.05, 3.63) is 86.6 Å². The largest absolute Gasteiger partial charge is 0.327 e. The third-order valence-corrected chi connectivity index (χ3v) is 4.38. The second-order valence-electron chi connectivity index (χ2n) is 6.19. The Morgan fingerprint density at radius 3 is 2.30 bits per heavy atom. The van der Waals surface area contributed by atoms with E-state index in [0.717, 1.165) is 11.1 Å². The first-order valence-electron chi connectivity index (χ1n) is 8.31. The van der Waals surface area contributed by atoms with Crippen molar-refractivity contribution in [2.75, 3.05) is 0 Å². The van der Waals surface area contributed by atoms with Crippen LogP contribution in [0, 0.1) is 18.3 Å². The molecule has 0 aliphatic rings. The molecular weight excluding hydrogens is 340 g/mol. The number of aromatic nitrogens is 3. The van der Waals surface area contributed by atoms with E-state index in [1.807, 2.05) is 61.5 Å². The van der Waals surface area contributed by atoms with Gasteiger partial charge in [-0.15, -0.1) is 0 Å². The summed E-state index contributed by atoms with van der Waals surface area (Å²) in [4.78, 5) is 33.6. The van der Waals surface area contributed by atoms with Gasteiger partial charge in [0, 0.05) is 11.1 Å².